The molecule has 4 nitrogen and oxygen atoms in total. The van der Waals surface area contributed by atoms with Crippen molar-refractivity contribution in [2.24, 2.45) is 5.10 Å². The van der Waals surface area contributed by atoms with E-state index in [1.807, 2.05) is 43.3 Å². The van der Waals surface area contributed by atoms with Crippen LogP contribution in [0.5, 0.6) is 0 Å². The molecule has 0 saturated heterocycles. The quantitative estimate of drug-likeness (QED) is 0.574. The molecule has 0 atom stereocenters. The topological polar surface area (TPSA) is 50.4 Å². The van der Waals surface area contributed by atoms with Gasteiger partial charge in [-0.1, -0.05) is 23.5 Å². The summed E-state index contributed by atoms with van der Waals surface area (Å²) in [5.41, 5.74) is 4.73. The van der Waals surface area contributed by atoms with Gasteiger partial charge in [0.2, 0.25) is 5.13 Å². The molecule has 1 aromatic carbocycles. The molecule has 0 bridgehead atoms. The minimum atomic E-state index is 0.753. The van der Waals surface area contributed by atoms with Gasteiger partial charge in [0.05, 0.1) is 16.5 Å². The summed E-state index contributed by atoms with van der Waals surface area (Å²) in [5, 5.41) is 5.03. The van der Waals surface area contributed by atoms with Crippen LogP contribution in [-0.4, -0.2) is 10.7 Å². The summed E-state index contributed by atoms with van der Waals surface area (Å²) >= 11 is 1.58. The van der Waals surface area contributed by atoms with Crippen molar-refractivity contribution in [2.75, 3.05) is 5.43 Å². The zero-order valence-corrected chi connectivity index (χ0v) is 10.6. The molecule has 0 aliphatic heterocycles. The maximum atomic E-state index is 5.25. The molecule has 3 rings (SSSR count). The van der Waals surface area contributed by atoms with E-state index in [-0.39, 0.29) is 0 Å². The lowest BCUT2D eigenvalue weighted by molar-refractivity contribution is 0.557. The highest BCUT2D eigenvalue weighted by Gasteiger charge is 2.03. The highest BCUT2D eigenvalue weighted by Crippen LogP contribution is 2.25. The Labute approximate surface area is 108 Å². The number of hydrogen-bond donors (Lipinski definition) is 1. The van der Waals surface area contributed by atoms with Gasteiger partial charge in [0, 0.05) is 0 Å². The molecule has 5 heteroatoms. The van der Waals surface area contributed by atoms with E-state index in [9.17, 15) is 0 Å². The molecule has 18 heavy (non-hydrogen) atoms. The van der Waals surface area contributed by atoms with Crippen molar-refractivity contribution in [3.05, 3.63) is 48.4 Å². The van der Waals surface area contributed by atoms with E-state index >= 15 is 0 Å². The molecule has 0 fully saturated rings. The third-order valence-corrected chi connectivity index (χ3v) is 3.43. The first-order valence-corrected chi connectivity index (χ1v) is 6.34. The standard InChI is InChI=1S/C13H11N3OS/c1-9(11-6-4-8-17-11)15-16-13-14-10-5-2-3-7-12(10)18-13/h2-8H,1H3,(H,14,16). The highest BCUT2D eigenvalue weighted by atomic mass is 32.1. The number of nitrogens with zero attached hydrogens (tertiary/aromatic N) is 2. The van der Waals surface area contributed by atoms with Crippen LogP contribution in [0.15, 0.2) is 52.2 Å². The molecule has 0 radical (unpaired) electrons. The lowest BCUT2D eigenvalue weighted by Gasteiger charge is -1.96. The van der Waals surface area contributed by atoms with Gasteiger partial charge in [0.15, 0.2) is 0 Å². The Bertz CT molecular complexity index is 652. The van der Waals surface area contributed by atoms with Gasteiger partial charge in [0.25, 0.3) is 0 Å². The van der Waals surface area contributed by atoms with E-state index in [0.29, 0.717) is 0 Å². The van der Waals surface area contributed by atoms with Crippen molar-refractivity contribution in [3.8, 4) is 0 Å². The first-order chi connectivity index (χ1) is 8.83. The summed E-state index contributed by atoms with van der Waals surface area (Å²) in [5.74, 6) is 0.753. The lowest BCUT2D eigenvalue weighted by atomic mass is 10.3. The fraction of sp³-hybridized carbons (Fsp3) is 0.0769. The molecule has 0 saturated carbocycles. The molecule has 2 heterocycles. The molecule has 1 N–H and O–H groups in total. The number of nitrogens with one attached hydrogen (secondary N) is 1. The zero-order chi connectivity index (χ0) is 12.4. The van der Waals surface area contributed by atoms with E-state index in [1.54, 1.807) is 17.6 Å². The fourth-order valence-electron chi connectivity index (χ4n) is 1.59. The largest absolute Gasteiger partial charge is 0.463 e. The number of furan rings is 1. The molecule has 90 valence electrons. The van der Waals surface area contributed by atoms with E-state index in [4.69, 9.17) is 4.42 Å². The molecular weight excluding hydrogens is 246 g/mol. The summed E-state index contributed by atoms with van der Waals surface area (Å²) in [4.78, 5) is 4.44. The summed E-state index contributed by atoms with van der Waals surface area (Å²) in [7, 11) is 0. The van der Waals surface area contributed by atoms with Crippen LogP contribution in [0.2, 0.25) is 0 Å². The van der Waals surface area contributed by atoms with E-state index < -0.39 is 0 Å². The molecule has 0 spiro atoms. The Kier molecular flexibility index (Phi) is 2.82. The first-order valence-electron chi connectivity index (χ1n) is 5.53. The number of hydrazone groups is 1. The molecule has 2 aromatic heterocycles. The fourth-order valence-corrected chi connectivity index (χ4v) is 2.40. The molecule has 0 amide bonds. The Hall–Kier alpha value is -2.14. The molecule has 0 aliphatic carbocycles. The number of para-hydroxylation sites is 1. The van der Waals surface area contributed by atoms with Crippen LogP contribution in [-0.2, 0) is 0 Å². The minimum absolute atomic E-state index is 0.753. The molecule has 0 unspecified atom stereocenters. The van der Waals surface area contributed by atoms with Crippen LogP contribution in [0, 0.1) is 0 Å². The van der Waals surface area contributed by atoms with Crippen LogP contribution in [0.4, 0.5) is 5.13 Å². The van der Waals surface area contributed by atoms with E-state index in [0.717, 1.165) is 26.8 Å². The lowest BCUT2D eigenvalue weighted by Crippen LogP contribution is -1.97. The SMILES string of the molecule is CC(=NNc1nc2ccccc2s1)c1ccco1. The van der Waals surface area contributed by atoms with Gasteiger partial charge in [-0.05, 0) is 31.2 Å². The van der Waals surface area contributed by atoms with Gasteiger partial charge in [-0.15, -0.1) is 0 Å². The number of hydrogen-bond acceptors (Lipinski definition) is 5. The van der Waals surface area contributed by atoms with Crippen molar-refractivity contribution in [1.29, 1.82) is 0 Å². The summed E-state index contributed by atoms with van der Waals surface area (Å²) in [6, 6.07) is 11.7. The first kappa shape index (κ1) is 11.0. The van der Waals surface area contributed by atoms with Crippen LogP contribution >= 0.6 is 11.3 Å². The molecule has 3 aromatic rings. The summed E-state index contributed by atoms with van der Waals surface area (Å²) in [6.45, 7) is 1.89. The Morgan fingerprint density at radius 2 is 2.17 bits per heavy atom. The summed E-state index contributed by atoms with van der Waals surface area (Å²) < 4.78 is 6.40. The summed E-state index contributed by atoms with van der Waals surface area (Å²) in [6.07, 6.45) is 1.63. The predicted octanol–water partition coefficient (Wildman–Crippen LogP) is 3.73. The highest BCUT2D eigenvalue weighted by molar-refractivity contribution is 7.22. The number of fused-ring (bicyclic) bond motifs is 1. The van der Waals surface area contributed by atoms with E-state index in [2.05, 4.69) is 15.5 Å². The Morgan fingerprint density at radius 3 is 2.94 bits per heavy atom. The van der Waals surface area contributed by atoms with Crippen molar-refractivity contribution in [3.63, 3.8) is 0 Å². The normalized spacial score (nSPS) is 11.9. The maximum Gasteiger partial charge on any atom is 0.204 e. The Morgan fingerprint density at radius 1 is 1.28 bits per heavy atom. The molecular formula is C13H11N3OS. The Balaban J connectivity index is 1.82. The second kappa shape index (κ2) is 4.62. The minimum Gasteiger partial charge on any atom is -0.463 e. The predicted molar refractivity (Wildman–Crippen MR) is 74.2 cm³/mol. The van der Waals surface area contributed by atoms with Gasteiger partial charge in [-0.3, -0.25) is 5.43 Å². The zero-order valence-electron chi connectivity index (χ0n) is 9.75. The smallest absolute Gasteiger partial charge is 0.204 e. The number of thiazole rings is 1. The van der Waals surface area contributed by atoms with Crippen molar-refractivity contribution < 1.29 is 4.42 Å². The average Bonchev–Trinajstić information content (AvgIpc) is 3.04. The second-order valence-electron chi connectivity index (χ2n) is 3.77. The van der Waals surface area contributed by atoms with E-state index in [1.165, 1.54) is 0 Å². The number of benzene rings is 1. The van der Waals surface area contributed by atoms with Crippen LogP contribution in [0.25, 0.3) is 10.2 Å². The van der Waals surface area contributed by atoms with Crippen LogP contribution in [0.3, 0.4) is 0 Å². The van der Waals surface area contributed by atoms with Gasteiger partial charge in [-0.2, -0.15) is 5.10 Å². The maximum absolute atomic E-state index is 5.25. The van der Waals surface area contributed by atoms with Gasteiger partial charge in [0.1, 0.15) is 11.5 Å². The number of rotatable bonds is 3. The monoisotopic (exact) mass is 257 g/mol. The van der Waals surface area contributed by atoms with Crippen molar-refractivity contribution in [1.82, 2.24) is 4.98 Å². The van der Waals surface area contributed by atoms with Crippen LogP contribution < -0.4 is 5.43 Å². The van der Waals surface area contributed by atoms with Crippen molar-refractivity contribution >= 4 is 32.4 Å². The van der Waals surface area contributed by atoms with Crippen molar-refractivity contribution in [2.45, 2.75) is 6.92 Å². The third-order valence-electron chi connectivity index (χ3n) is 2.49. The van der Waals surface area contributed by atoms with Gasteiger partial charge >= 0.3 is 0 Å². The van der Waals surface area contributed by atoms with Gasteiger partial charge < -0.3 is 4.42 Å². The van der Waals surface area contributed by atoms with Crippen LogP contribution in [0.1, 0.15) is 12.7 Å². The second-order valence-corrected chi connectivity index (χ2v) is 4.80. The third kappa shape index (κ3) is 2.12. The number of aromatic nitrogens is 1. The average molecular weight is 257 g/mol. The molecule has 0 aliphatic rings. The van der Waals surface area contributed by atoms with Gasteiger partial charge in [-0.25, -0.2) is 4.98 Å². The number of anilines is 1.